The lowest BCUT2D eigenvalue weighted by Crippen LogP contribution is -2.00. The van der Waals surface area contributed by atoms with E-state index in [9.17, 15) is 4.39 Å². The van der Waals surface area contributed by atoms with E-state index in [-0.39, 0.29) is 5.82 Å². The molecule has 0 spiro atoms. The number of thiazole rings is 1. The lowest BCUT2D eigenvalue weighted by Gasteiger charge is -2.01. The van der Waals surface area contributed by atoms with E-state index in [0.717, 1.165) is 34.7 Å². The normalized spacial score (nSPS) is 10.8. The van der Waals surface area contributed by atoms with Crippen LogP contribution in [-0.2, 0) is 6.42 Å². The molecule has 0 atom stereocenters. The number of hydrogen-bond acceptors (Lipinski definition) is 3. The highest BCUT2D eigenvalue weighted by Crippen LogP contribution is 2.27. The zero-order valence-electron chi connectivity index (χ0n) is 9.74. The van der Waals surface area contributed by atoms with Crippen molar-refractivity contribution in [1.29, 1.82) is 0 Å². The van der Waals surface area contributed by atoms with Crippen molar-refractivity contribution in [2.45, 2.75) is 19.8 Å². The summed E-state index contributed by atoms with van der Waals surface area (Å²) in [6, 6.07) is 4.80. The van der Waals surface area contributed by atoms with Gasteiger partial charge in [0.1, 0.15) is 10.8 Å². The first-order valence-corrected chi connectivity index (χ1v) is 6.49. The molecule has 0 bridgehead atoms. The van der Waals surface area contributed by atoms with E-state index in [2.05, 4.69) is 4.98 Å². The summed E-state index contributed by atoms with van der Waals surface area (Å²) in [5.41, 5.74) is 8.47. The second-order valence-corrected chi connectivity index (χ2v) is 4.85. The fraction of sp³-hybridized carbons (Fsp3) is 0.308. The van der Waals surface area contributed by atoms with Crippen molar-refractivity contribution in [1.82, 2.24) is 4.98 Å². The predicted molar refractivity (Wildman–Crippen MR) is 69.6 cm³/mol. The molecule has 1 heterocycles. The first-order chi connectivity index (χ1) is 8.20. The SMILES string of the molecule is Cc1cc(F)ccc1-c1nc(CCCN)cs1. The van der Waals surface area contributed by atoms with Crippen molar-refractivity contribution in [2.75, 3.05) is 6.54 Å². The Morgan fingerprint density at radius 3 is 2.94 bits per heavy atom. The standard InChI is InChI=1S/C13H15FN2S/c1-9-7-10(14)4-5-12(9)13-16-11(8-17-13)3-2-6-15/h4-5,7-8H,2-3,6,15H2,1H3. The number of nitrogens with two attached hydrogens (primary N) is 1. The zero-order valence-corrected chi connectivity index (χ0v) is 10.6. The minimum Gasteiger partial charge on any atom is -0.330 e. The van der Waals surface area contributed by atoms with Crippen LogP contribution in [0.3, 0.4) is 0 Å². The van der Waals surface area contributed by atoms with Crippen LogP contribution in [0.4, 0.5) is 4.39 Å². The van der Waals surface area contributed by atoms with E-state index >= 15 is 0 Å². The quantitative estimate of drug-likeness (QED) is 0.905. The van der Waals surface area contributed by atoms with Gasteiger partial charge >= 0.3 is 0 Å². The number of halogens is 1. The van der Waals surface area contributed by atoms with Crippen molar-refractivity contribution in [3.8, 4) is 10.6 Å². The molecule has 90 valence electrons. The molecule has 0 radical (unpaired) electrons. The monoisotopic (exact) mass is 250 g/mol. The Bertz CT molecular complexity index is 508. The van der Waals surface area contributed by atoms with Crippen LogP contribution >= 0.6 is 11.3 Å². The molecule has 2 nitrogen and oxygen atoms in total. The van der Waals surface area contributed by atoms with Crippen LogP contribution < -0.4 is 5.73 Å². The Morgan fingerprint density at radius 1 is 1.41 bits per heavy atom. The lowest BCUT2D eigenvalue weighted by molar-refractivity contribution is 0.627. The van der Waals surface area contributed by atoms with Crippen LogP contribution in [0.5, 0.6) is 0 Å². The summed E-state index contributed by atoms with van der Waals surface area (Å²) >= 11 is 1.60. The Balaban J connectivity index is 2.24. The Morgan fingerprint density at radius 2 is 2.24 bits per heavy atom. The third-order valence-electron chi connectivity index (χ3n) is 2.61. The van der Waals surface area contributed by atoms with Gasteiger partial charge in [0.2, 0.25) is 0 Å². The number of aromatic nitrogens is 1. The molecule has 0 aliphatic rings. The van der Waals surface area contributed by atoms with E-state index in [1.54, 1.807) is 17.4 Å². The van der Waals surface area contributed by atoms with Gasteiger partial charge in [0, 0.05) is 10.9 Å². The van der Waals surface area contributed by atoms with Gasteiger partial charge in [0.15, 0.2) is 0 Å². The molecule has 2 aromatic rings. The van der Waals surface area contributed by atoms with Crippen LogP contribution in [0, 0.1) is 12.7 Å². The molecule has 1 aromatic heterocycles. The fourth-order valence-corrected chi connectivity index (χ4v) is 2.64. The third kappa shape index (κ3) is 2.90. The molecule has 0 amide bonds. The van der Waals surface area contributed by atoms with Gasteiger partial charge in [-0.1, -0.05) is 0 Å². The Labute approximate surface area is 104 Å². The molecule has 0 aliphatic carbocycles. The second kappa shape index (κ2) is 5.38. The van der Waals surface area contributed by atoms with Crippen LogP contribution in [0.25, 0.3) is 10.6 Å². The van der Waals surface area contributed by atoms with Crippen molar-refractivity contribution in [2.24, 2.45) is 5.73 Å². The molecule has 0 saturated carbocycles. The van der Waals surface area contributed by atoms with Crippen molar-refractivity contribution >= 4 is 11.3 Å². The van der Waals surface area contributed by atoms with Crippen molar-refractivity contribution in [3.05, 3.63) is 40.7 Å². The smallest absolute Gasteiger partial charge is 0.123 e. The zero-order chi connectivity index (χ0) is 12.3. The fourth-order valence-electron chi connectivity index (χ4n) is 1.70. The molecule has 2 rings (SSSR count). The van der Waals surface area contributed by atoms with E-state index in [1.807, 2.05) is 12.3 Å². The van der Waals surface area contributed by atoms with Gasteiger partial charge in [-0.05, 0) is 50.1 Å². The van der Waals surface area contributed by atoms with E-state index in [4.69, 9.17) is 5.73 Å². The second-order valence-electron chi connectivity index (χ2n) is 4.00. The minimum absolute atomic E-state index is 0.203. The molecule has 4 heteroatoms. The summed E-state index contributed by atoms with van der Waals surface area (Å²) in [7, 11) is 0. The molecule has 2 N–H and O–H groups in total. The van der Waals surface area contributed by atoms with Crippen LogP contribution in [0.15, 0.2) is 23.6 Å². The van der Waals surface area contributed by atoms with Gasteiger partial charge in [-0.15, -0.1) is 11.3 Å². The van der Waals surface area contributed by atoms with Gasteiger partial charge in [0.25, 0.3) is 0 Å². The summed E-state index contributed by atoms with van der Waals surface area (Å²) in [5.74, 6) is -0.203. The molecule has 0 saturated heterocycles. The van der Waals surface area contributed by atoms with Crippen molar-refractivity contribution < 1.29 is 4.39 Å². The summed E-state index contributed by atoms with van der Waals surface area (Å²) in [4.78, 5) is 4.55. The molecule has 0 unspecified atom stereocenters. The highest BCUT2D eigenvalue weighted by Gasteiger charge is 2.07. The molecular formula is C13H15FN2S. The maximum absolute atomic E-state index is 13.0. The third-order valence-corrected chi connectivity index (χ3v) is 3.53. The lowest BCUT2D eigenvalue weighted by atomic mass is 10.1. The topological polar surface area (TPSA) is 38.9 Å². The molecule has 0 fully saturated rings. The summed E-state index contributed by atoms with van der Waals surface area (Å²) < 4.78 is 13.0. The molecule has 1 aromatic carbocycles. The highest BCUT2D eigenvalue weighted by atomic mass is 32.1. The average molecular weight is 250 g/mol. The minimum atomic E-state index is -0.203. The van der Waals surface area contributed by atoms with Crippen LogP contribution in [0.2, 0.25) is 0 Å². The number of rotatable bonds is 4. The Kier molecular flexibility index (Phi) is 3.86. The largest absolute Gasteiger partial charge is 0.330 e. The highest BCUT2D eigenvalue weighted by molar-refractivity contribution is 7.13. The van der Waals surface area contributed by atoms with Crippen LogP contribution in [-0.4, -0.2) is 11.5 Å². The van der Waals surface area contributed by atoms with Crippen molar-refractivity contribution in [3.63, 3.8) is 0 Å². The first-order valence-electron chi connectivity index (χ1n) is 5.61. The molecule has 17 heavy (non-hydrogen) atoms. The number of hydrogen-bond donors (Lipinski definition) is 1. The molecule has 0 aliphatic heterocycles. The first kappa shape index (κ1) is 12.2. The maximum Gasteiger partial charge on any atom is 0.123 e. The number of benzene rings is 1. The van der Waals surface area contributed by atoms with Crippen LogP contribution in [0.1, 0.15) is 17.7 Å². The number of nitrogens with zero attached hydrogens (tertiary/aromatic N) is 1. The molecular weight excluding hydrogens is 235 g/mol. The van der Waals surface area contributed by atoms with E-state index < -0.39 is 0 Å². The Hall–Kier alpha value is -1.26. The maximum atomic E-state index is 13.0. The van der Waals surface area contributed by atoms with Gasteiger partial charge in [-0.3, -0.25) is 0 Å². The van der Waals surface area contributed by atoms with Gasteiger partial charge in [0.05, 0.1) is 5.69 Å². The predicted octanol–water partition coefficient (Wildman–Crippen LogP) is 3.15. The summed E-state index contributed by atoms with van der Waals surface area (Å²) in [6.07, 6.45) is 1.86. The van der Waals surface area contributed by atoms with Gasteiger partial charge in [-0.2, -0.15) is 0 Å². The average Bonchev–Trinajstić information content (AvgIpc) is 2.75. The van der Waals surface area contributed by atoms with E-state index in [1.165, 1.54) is 12.1 Å². The van der Waals surface area contributed by atoms with E-state index in [0.29, 0.717) is 6.54 Å². The summed E-state index contributed by atoms with van der Waals surface area (Å²) in [6.45, 7) is 2.59. The number of aryl methyl sites for hydroxylation is 2. The van der Waals surface area contributed by atoms with Gasteiger partial charge in [-0.25, -0.2) is 9.37 Å². The van der Waals surface area contributed by atoms with Gasteiger partial charge < -0.3 is 5.73 Å². The summed E-state index contributed by atoms with van der Waals surface area (Å²) in [5, 5.41) is 3.00.